The van der Waals surface area contributed by atoms with Crippen LogP contribution >= 0.6 is 12.4 Å². The fourth-order valence-electron chi connectivity index (χ4n) is 3.39. The summed E-state index contributed by atoms with van der Waals surface area (Å²) in [6.45, 7) is 4.88. The molecule has 2 atom stereocenters. The zero-order chi connectivity index (χ0) is 13.7. The lowest BCUT2D eigenvalue weighted by molar-refractivity contribution is -0.136. The van der Waals surface area contributed by atoms with Gasteiger partial charge < -0.3 is 15.8 Å². The summed E-state index contributed by atoms with van der Waals surface area (Å²) in [5.74, 6) is 1.53. The summed E-state index contributed by atoms with van der Waals surface area (Å²) in [4.78, 5) is 12.5. The standard InChI is InChI=1S/C15H28N2O2.ClH/c1-12-4-2-3-5-13(12)10-17-14(18)15(11-16)6-8-19-9-7-15;/h12-13H,2-11,16H2,1H3,(H,17,18);1H. The lowest BCUT2D eigenvalue weighted by Gasteiger charge is -2.36. The van der Waals surface area contributed by atoms with Crippen LogP contribution in [0, 0.1) is 17.3 Å². The van der Waals surface area contributed by atoms with Crippen LogP contribution < -0.4 is 11.1 Å². The highest BCUT2D eigenvalue weighted by molar-refractivity contribution is 5.85. The van der Waals surface area contributed by atoms with Crippen LogP contribution in [-0.4, -0.2) is 32.2 Å². The van der Waals surface area contributed by atoms with E-state index in [-0.39, 0.29) is 23.7 Å². The molecule has 0 spiro atoms. The first-order valence-corrected chi connectivity index (χ1v) is 7.74. The lowest BCUT2D eigenvalue weighted by Crippen LogP contribution is -2.50. The molecule has 2 unspecified atom stereocenters. The summed E-state index contributed by atoms with van der Waals surface area (Å²) in [6.07, 6.45) is 6.72. The van der Waals surface area contributed by atoms with Gasteiger partial charge >= 0.3 is 0 Å². The number of carbonyl (C=O) groups excluding carboxylic acids is 1. The van der Waals surface area contributed by atoms with E-state index in [4.69, 9.17) is 10.5 Å². The van der Waals surface area contributed by atoms with E-state index in [1.807, 2.05) is 0 Å². The van der Waals surface area contributed by atoms with Crippen LogP contribution in [0.2, 0.25) is 0 Å². The van der Waals surface area contributed by atoms with Gasteiger partial charge in [0, 0.05) is 26.3 Å². The Hall–Kier alpha value is -0.320. The van der Waals surface area contributed by atoms with Crippen LogP contribution in [0.25, 0.3) is 0 Å². The van der Waals surface area contributed by atoms with E-state index >= 15 is 0 Å². The monoisotopic (exact) mass is 304 g/mol. The third kappa shape index (κ3) is 4.09. The highest BCUT2D eigenvalue weighted by atomic mass is 35.5. The van der Waals surface area contributed by atoms with Crippen LogP contribution in [-0.2, 0) is 9.53 Å². The molecule has 2 fully saturated rings. The molecule has 1 aliphatic carbocycles. The molecule has 118 valence electrons. The fourth-order valence-corrected chi connectivity index (χ4v) is 3.39. The van der Waals surface area contributed by atoms with Crippen LogP contribution in [0.1, 0.15) is 45.4 Å². The van der Waals surface area contributed by atoms with E-state index in [1.54, 1.807) is 0 Å². The molecule has 1 saturated heterocycles. The van der Waals surface area contributed by atoms with Crippen LogP contribution in [0.15, 0.2) is 0 Å². The summed E-state index contributed by atoms with van der Waals surface area (Å²) >= 11 is 0. The van der Waals surface area contributed by atoms with Gasteiger partial charge in [0.05, 0.1) is 5.41 Å². The van der Waals surface area contributed by atoms with Crippen molar-refractivity contribution in [3.05, 3.63) is 0 Å². The first-order chi connectivity index (χ1) is 9.18. The summed E-state index contributed by atoms with van der Waals surface area (Å²) in [7, 11) is 0. The van der Waals surface area contributed by atoms with Crippen molar-refractivity contribution in [2.75, 3.05) is 26.3 Å². The van der Waals surface area contributed by atoms with Crippen molar-refractivity contribution < 1.29 is 9.53 Å². The Kier molecular flexibility index (Phi) is 7.27. The highest BCUT2D eigenvalue weighted by Gasteiger charge is 2.39. The van der Waals surface area contributed by atoms with Crippen LogP contribution in [0.5, 0.6) is 0 Å². The maximum Gasteiger partial charge on any atom is 0.227 e. The number of hydrogen-bond donors (Lipinski definition) is 2. The molecule has 0 bridgehead atoms. The minimum absolute atomic E-state index is 0. The van der Waals surface area contributed by atoms with E-state index < -0.39 is 0 Å². The van der Waals surface area contributed by atoms with Crippen molar-refractivity contribution in [2.24, 2.45) is 23.0 Å². The Balaban J connectivity index is 0.00000200. The zero-order valence-corrected chi connectivity index (χ0v) is 13.3. The van der Waals surface area contributed by atoms with Gasteiger partial charge in [0.25, 0.3) is 0 Å². The number of carbonyl (C=O) groups is 1. The van der Waals surface area contributed by atoms with Gasteiger partial charge in [-0.05, 0) is 31.1 Å². The molecule has 2 rings (SSSR count). The van der Waals surface area contributed by atoms with Crippen LogP contribution in [0.4, 0.5) is 0 Å². The van der Waals surface area contributed by atoms with E-state index in [0.29, 0.717) is 25.7 Å². The number of nitrogens with two attached hydrogens (primary N) is 1. The third-order valence-corrected chi connectivity index (χ3v) is 5.14. The van der Waals surface area contributed by atoms with Gasteiger partial charge in [-0.25, -0.2) is 0 Å². The fraction of sp³-hybridized carbons (Fsp3) is 0.933. The minimum Gasteiger partial charge on any atom is -0.381 e. The van der Waals surface area contributed by atoms with Crippen LogP contribution in [0.3, 0.4) is 0 Å². The normalized spacial score (nSPS) is 29.3. The first kappa shape index (κ1) is 17.7. The third-order valence-electron chi connectivity index (χ3n) is 5.14. The predicted octanol–water partition coefficient (Wildman–Crippen LogP) is 2.11. The Morgan fingerprint density at radius 2 is 1.95 bits per heavy atom. The molecule has 0 aromatic heterocycles. The van der Waals surface area contributed by atoms with Gasteiger partial charge in [0.2, 0.25) is 5.91 Å². The van der Waals surface area contributed by atoms with Crippen molar-refractivity contribution in [2.45, 2.75) is 45.4 Å². The number of hydrogen-bond acceptors (Lipinski definition) is 3. The number of nitrogens with one attached hydrogen (secondary N) is 1. The largest absolute Gasteiger partial charge is 0.381 e. The quantitative estimate of drug-likeness (QED) is 0.836. The molecular formula is C15H29ClN2O2. The molecule has 4 nitrogen and oxygen atoms in total. The molecule has 3 N–H and O–H groups in total. The molecule has 2 aliphatic rings. The molecule has 0 aromatic carbocycles. The second kappa shape index (κ2) is 8.20. The number of ether oxygens (including phenoxy) is 1. The number of halogens is 1. The second-order valence-electron chi connectivity index (χ2n) is 6.33. The van der Waals surface area contributed by atoms with Crippen molar-refractivity contribution in [3.8, 4) is 0 Å². The molecule has 5 heteroatoms. The van der Waals surface area contributed by atoms with Gasteiger partial charge in [0.15, 0.2) is 0 Å². The lowest BCUT2D eigenvalue weighted by atomic mass is 9.78. The zero-order valence-electron chi connectivity index (χ0n) is 12.5. The van der Waals surface area contributed by atoms with E-state index in [1.165, 1.54) is 25.7 Å². The molecule has 1 aliphatic heterocycles. The SMILES string of the molecule is CC1CCCCC1CNC(=O)C1(CN)CCOCC1.Cl. The highest BCUT2D eigenvalue weighted by Crippen LogP contribution is 2.31. The van der Waals surface area contributed by atoms with Gasteiger partial charge in [0.1, 0.15) is 0 Å². The summed E-state index contributed by atoms with van der Waals surface area (Å²) in [5, 5.41) is 3.17. The minimum atomic E-state index is -0.379. The molecule has 20 heavy (non-hydrogen) atoms. The average Bonchev–Trinajstić information content (AvgIpc) is 2.46. The van der Waals surface area contributed by atoms with Gasteiger partial charge in [-0.3, -0.25) is 4.79 Å². The van der Waals surface area contributed by atoms with Gasteiger partial charge in [-0.15, -0.1) is 12.4 Å². The Morgan fingerprint density at radius 3 is 2.55 bits per heavy atom. The Labute approximate surface area is 128 Å². The van der Waals surface area contributed by atoms with E-state index in [0.717, 1.165) is 25.3 Å². The van der Waals surface area contributed by atoms with Crippen molar-refractivity contribution >= 4 is 18.3 Å². The van der Waals surface area contributed by atoms with Gasteiger partial charge in [-0.2, -0.15) is 0 Å². The topological polar surface area (TPSA) is 64.4 Å². The first-order valence-electron chi connectivity index (χ1n) is 7.74. The Bertz CT molecular complexity index is 306. The molecular weight excluding hydrogens is 276 g/mol. The molecule has 0 aromatic rings. The summed E-state index contributed by atoms with van der Waals surface area (Å²) in [5.41, 5.74) is 5.48. The van der Waals surface area contributed by atoms with Crippen molar-refractivity contribution in [1.82, 2.24) is 5.32 Å². The molecule has 1 amide bonds. The number of rotatable bonds is 4. The summed E-state index contributed by atoms with van der Waals surface area (Å²) < 4.78 is 5.35. The number of amides is 1. The van der Waals surface area contributed by atoms with E-state index in [2.05, 4.69) is 12.2 Å². The maximum absolute atomic E-state index is 12.5. The Morgan fingerprint density at radius 1 is 1.30 bits per heavy atom. The molecule has 0 radical (unpaired) electrons. The maximum atomic E-state index is 12.5. The molecule has 1 heterocycles. The molecule has 1 saturated carbocycles. The average molecular weight is 305 g/mol. The van der Waals surface area contributed by atoms with Crippen molar-refractivity contribution in [1.29, 1.82) is 0 Å². The summed E-state index contributed by atoms with van der Waals surface area (Å²) in [6, 6.07) is 0. The van der Waals surface area contributed by atoms with Gasteiger partial charge in [-0.1, -0.05) is 26.2 Å². The second-order valence-corrected chi connectivity index (χ2v) is 6.33. The predicted molar refractivity (Wildman–Crippen MR) is 82.9 cm³/mol. The van der Waals surface area contributed by atoms with E-state index in [9.17, 15) is 4.79 Å². The smallest absolute Gasteiger partial charge is 0.227 e. The van der Waals surface area contributed by atoms with Crippen molar-refractivity contribution in [3.63, 3.8) is 0 Å².